The van der Waals surface area contributed by atoms with Crippen molar-refractivity contribution in [2.45, 2.75) is 45.6 Å². The summed E-state index contributed by atoms with van der Waals surface area (Å²) in [4.78, 5) is 28.9. The summed E-state index contributed by atoms with van der Waals surface area (Å²) in [6.45, 7) is 2.47. The van der Waals surface area contributed by atoms with Crippen molar-refractivity contribution >= 4 is 18.0 Å². The number of hydrogen-bond donors (Lipinski definition) is 1. The summed E-state index contributed by atoms with van der Waals surface area (Å²) in [5, 5.41) is 0. The van der Waals surface area contributed by atoms with Crippen LogP contribution in [-0.4, -0.2) is 19.0 Å². The minimum atomic E-state index is -0.497. The molecule has 1 aliphatic carbocycles. The first-order valence-electron chi connectivity index (χ1n) is 10.6. The summed E-state index contributed by atoms with van der Waals surface area (Å²) >= 11 is 0. The van der Waals surface area contributed by atoms with E-state index in [1.54, 1.807) is 25.3 Å². The number of rotatable bonds is 7. The van der Waals surface area contributed by atoms with E-state index in [9.17, 15) is 9.59 Å². The first kappa shape index (κ1) is 22.4. The van der Waals surface area contributed by atoms with Crippen molar-refractivity contribution in [1.82, 2.24) is 5.48 Å². The highest BCUT2D eigenvalue weighted by Gasteiger charge is 2.23. The zero-order valence-corrected chi connectivity index (χ0v) is 18.1. The van der Waals surface area contributed by atoms with E-state index in [2.05, 4.69) is 11.5 Å². The number of benzene rings is 2. The smallest absolute Gasteiger partial charge is 0.335 e. The number of nitrogens with one attached hydrogen (secondary N) is 1. The lowest BCUT2D eigenvalue weighted by molar-refractivity contribution is -0.161. The van der Waals surface area contributed by atoms with Gasteiger partial charge in [-0.2, -0.15) is 5.48 Å². The molecule has 1 aliphatic rings. The van der Waals surface area contributed by atoms with Crippen LogP contribution in [0.3, 0.4) is 0 Å². The molecule has 164 valence electrons. The fraction of sp³-hybridized carbons (Fsp3) is 0.360. The van der Waals surface area contributed by atoms with Crippen molar-refractivity contribution in [2.75, 3.05) is 7.11 Å². The summed E-state index contributed by atoms with van der Waals surface area (Å²) < 4.78 is 11.3. The van der Waals surface area contributed by atoms with E-state index in [1.165, 1.54) is 11.6 Å². The van der Waals surface area contributed by atoms with Crippen LogP contribution in [0.15, 0.2) is 48.5 Å². The lowest BCUT2D eigenvalue weighted by atomic mass is 9.89. The van der Waals surface area contributed by atoms with Gasteiger partial charge in [0, 0.05) is 6.08 Å². The Morgan fingerprint density at radius 2 is 1.87 bits per heavy atom. The number of hydroxylamine groups is 1. The molecule has 6 heteroatoms. The number of hydrogen-bond acceptors (Lipinski definition) is 5. The molecule has 0 heterocycles. The number of amides is 1. The summed E-state index contributed by atoms with van der Waals surface area (Å²) in [6, 6.07) is 13.5. The van der Waals surface area contributed by atoms with Gasteiger partial charge in [0.15, 0.2) is 11.5 Å². The molecule has 1 fully saturated rings. The molecule has 1 amide bonds. The molecule has 0 spiro atoms. The zero-order valence-electron chi connectivity index (χ0n) is 18.1. The van der Waals surface area contributed by atoms with E-state index in [0.717, 1.165) is 43.2 Å². The summed E-state index contributed by atoms with van der Waals surface area (Å²) in [5.74, 6) is 0.210. The highest BCUT2D eigenvalue weighted by atomic mass is 16.7. The van der Waals surface area contributed by atoms with Crippen LogP contribution in [-0.2, 0) is 21.0 Å². The average Bonchev–Trinajstić information content (AvgIpc) is 2.80. The Bertz CT molecular complexity index is 931. The monoisotopic (exact) mass is 423 g/mol. The molecule has 2 aromatic rings. The van der Waals surface area contributed by atoms with Gasteiger partial charge in [-0.05, 0) is 49.1 Å². The summed E-state index contributed by atoms with van der Waals surface area (Å²) in [7, 11) is 1.57. The van der Waals surface area contributed by atoms with Crippen molar-refractivity contribution < 1.29 is 23.9 Å². The van der Waals surface area contributed by atoms with Crippen LogP contribution in [0.5, 0.6) is 11.5 Å². The molecule has 1 N–H and O–H groups in total. The van der Waals surface area contributed by atoms with Crippen LogP contribution in [0.25, 0.3) is 6.08 Å². The Morgan fingerprint density at radius 3 is 2.61 bits per heavy atom. The topological polar surface area (TPSA) is 73.9 Å². The largest absolute Gasteiger partial charge is 0.493 e. The second kappa shape index (κ2) is 11.2. The first-order valence-corrected chi connectivity index (χ1v) is 10.6. The van der Waals surface area contributed by atoms with E-state index in [4.69, 9.17) is 14.3 Å². The lowest BCUT2D eigenvalue weighted by Gasteiger charge is -2.19. The van der Waals surface area contributed by atoms with Crippen LogP contribution < -0.4 is 15.0 Å². The van der Waals surface area contributed by atoms with Crippen LogP contribution in [0.2, 0.25) is 0 Å². The van der Waals surface area contributed by atoms with Crippen molar-refractivity contribution in [1.29, 1.82) is 0 Å². The van der Waals surface area contributed by atoms with Gasteiger partial charge in [0.2, 0.25) is 0 Å². The minimum Gasteiger partial charge on any atom is -0.493 e. The minimum absolute atomic E-state index is 0.116. The SMILES string of the molecule is COc1cc(C=CC(=O)NOC(=O)C2CCCCC2)ccc1OCc1cccc(C)c1. The van der Waals surface area contributed by atoms with Crippen LogP contribution in [0, 0.1) is 12.8 Å². The van der Waals surface area contributed by atoms with Crippen LogP contribution >= 0.6 is 0 Å². The van der Waals surface area contributed by atoms with Crippen molar-refractivity contribution in [3.63, 3.8) is 0 Å². The number of aryl methyl sites for hydroxylation is 1. The number of carbonyl (C=O) groups is 2. The summed E-state index contributed by atoms with van der Waals surface area (Å²) in [5.41, 5.74) is 5.21. The third-order valence-corrected chi connectivity index (χ3v) is 5.28. The van der Waals surface area contributed by atoms with E-state index in [-0.39, 0.29) is 11.9 Å². The lowest BCUT2D eigenvalue weighted by Crippen LogP contribution is -2.30. The second-order valence-electron chi connectivity index (χ2n) is 7.74. The maximum Gasteiger partial charge on any atom is 0.335 e. The standard InChI is InChI=1S/C25H29NO5/c1-18-7-6-8-20(15-18)17-30-22-13-11-19(16-23(22)29-2)12-14-24(27)26-31-25(28)21-9-4-3-5-10-21/h6-8,11-16,21H,3-5,9-10,17H2,1-2H3,(H,26,27). The molecule has 0 unspecified atom stereocenters. The third-order valence-electron chi connectivity index (χ3n) is 5.28. The Kier molecular flexibility index (Phi) is 8.10. The van der Waals surface area contributed by atoms with Crippen molar-refractivity contribution in [3.8, 4) is 11.5 Å². The van der Waals surface area contributed by atoms with Gasteiger partial charge in [0.25, 0.3) is 5.91 Å². The van der Waals surface area contributed by atoms with Gasteiger partial charge in [-0.3, -0.25) is 4.79 Å². The van der Waals surface area contributed by atoms with Gasteiger partial charge in [-0.15, -0.1) is 0 Å². The number of ether oxygens (including phenoxy) is 2. The maximum atomic E-state index is 12.0. The fourth-order valence-electron chi connectivity index (χ4n) is 3.60. The summed E-state index contributed by atoms with van der Waals surface area (Å²) in [6.07, 6.45) is 7.79. The molecular weight excluding hydrogens is 394 g/mol. The Morgan fingerprint density at radius 1 is 1.06 bits per heavy atom. The fourth-order valence-corrected chi connectivity index (χ4v) is 3.60. The van der Waals surface area contributed by atoms with E-state index in [1.807, 2.05) is 31.2 Å². The second-order valence-corrected chi connectivity index (χ2v) is 7.74. The molecule has 0 saturated heterocycles. The van der Waals surface area contributed by atoms with E-state index < -0.39 is 5.91 Å². The normalized spacial score (nSPS) is 14.3. The quantitative estimate of drug-likeness (QED) is 0.514. The van der Waals surface area contributed by atoms with Gasteiger partial charge >= 0.3 is 5.97 Å². The maximum absolute atomic E-state index is 12.0. The van der Waals surface area contributed by atoms with Crippen molar-refractivity contribution in [3.05, 3.63) is 65.2 Å². The third kappa shape index (κ3) is 6.88. The van der Waals surface area contributed by atoms with E-state index >= 15 is 0 Å². The molecule has 3 rings (SSSR count). The zero-order chi connectivity index (χ0) is 22.1. The predicted octanol–water partition coefficient (Wildman–Crippen LogP) is 4.75. The van der Waals surface area contributed by atoms with Gasteiger partial charge in [-0.1, -0.05) is 55.2 Å². The number of carbonyl (C=O) groups excluding carboxylic acids is 2. The molecule has 31 heavy (non-hydrogen) atoms. The molecule has 2 aromatic carbocycles. The highest BCUT2D eigenvalue weighted by Crippen LogP contribution is 2.29. The highest BCUT2D eigenvalue weighted by molar-refractivity contribution is 5.92. The molecule has 0 aromatic heterocycles. The molecule has 6 nitrogen and oxygen atoms in total. The Hall–Kier alpha value is -3.28. The Labute approximate surface area is 183 Å². The molecule has 0 radical (unpaired) electrons. The van der Waals surface area contributed by atoms with Gasteiger partial charge in [-0.25, -0.2) is 4.79 Å². The molecule has 0 bridgehead atoms. The molecular formula is C25H29NO5. The van der Waals surface area contributed by atoms with E-state index in [0.29, 0.717) is 18.1 Å². The van der Waals surface area contributed by atoms with Crippen LogP contribution in [0.4, 0.5) is 0 Å². The predicted molar refractivity (Wildman–Crippen MR) is 118 cm³/mol. The van der Waals surface area contributed by atoms with Gasteiger partial charge in [0.1, 0.15) is 6.61 Å². The first-order chi connectivity index (χ1) is 15.0. The average molecular weight is 424 g/mol. The number of methoxy groups -OCH3 is 1. The Balaban J connectivity index is 1.52. The van der Waals surface area contributed by atoms with Gasteiger partial charge in [0.05, 0.1) is 13.0 Å². The molecule has 0 aliphatic heterocycles. The van der Waals surface area contributed by atoms with Crippen molar-refractivity contribution in [2.24, 2.45) is 5.92 Å². The van der Waals surface area contributed by atoms with Gasteiger partial charge < -0.3 is 14.3 Å². The molecule has 0 atom stereocenters. The van der Waals surface area contributed by atoms with Crippen LogP contribution in [0.1, 0.15) is 48.8 Å². The molecule has 1 saturated carbocycles.